The van der Waals surface area contributed by atoms with E-state index in [4.69, 9.17) is 10.5 Å². The van der Waals surface area contributed by atoms with Crippen molar-refractivity contribution in [1.82, 2.24) is 4.98 Å². The first-order valence-corrected chi connectivity index (χ1v) is 5.01. The van der Waals surface area contributed by atoms with Gasteiger partial charge in [-0.25, -0.2) is 4.98 Å². The summed E-state index contributed by atoms with van der Waals surface area (Å²) in [6.07, 6.45) is 0.804. The van der Waals surface area contributed by atoms with Crippen molar-refractivity contribution >= 4 is 0 Å². The molecule has 0 unspecified atom stereocenters. The van der Waals surface area contributed by atoms with E-state index in [0.717, 1.165) is 12.1 Å². The molecule has 1 aromatic heterocycles. The monoisotopic (exact) mass is 194 g/mol. The molecule has 78 valence electrons. The van der Waals surface area contributed by atoms with Crippen LogP contribution in [0.25, 0.3) is 0 Å². The smallest absolute Gasteiger partial charge is 0.213 e. The molecule has 0 saturated carbocycles. The zero-order chi connectivity index (χ0) is 10.4. The van der Waals surface area contributed by atoms with Crippen LogP contribution in [-0.2, 0) is 6.42 Å². The molecule has 0 aromatic carbocycles. The molecule has 0 radical (unpaired) electrons. The van der Waals surface area contributed by atoms with Gasteiger partial charge in [-0.2, -0.15) is 0 Å². The number of rotatable bonds is 5. The van der Waals surface area contributed by atoms with Gasteiger partial charge in [-0.05, 0) is 18.5 Å². The summed E-state index contributed by atoms with van der Waals surface area (Å²) in [7, 11) is 0. The fourth-order valence-corrected chi connectivity index (χ4v) is 1.08. The standard InChI is InChI=1S/C11H18N2O/c1-9(2)8-14-11-5-3-4-10(13-11)6-7-12/h3-5,9H,6-8,12H2,1-2H3. The number of ether oxygens (including phenoxy) is 1. The van der Waals surface area contributed by atoms with Gasteiger partial charge >= 0.3 is 0 Å². The van der Waals surface area contributed by atoms with Crippen molar-refractivity contribution < 1.29 is 4.74 Å². The van der Waals surface area contributed by atoms with E-state index < -0.39 is 0 Å². The van der Waals surface area contributed by atoms with Crippen LogP contribution in [0.15, 0.2) is 18.2 Å². The summed E-state index contributed by atoms with van der Waals surface area (Å²) in [5.41, 5.74) is 6.45. The predicted molar refractivity (Wildman–Crippen MR) is 57.3 cm³/mol. The maximum atomic E-state index is 5.50. The number of nitrogens with zero attached hydrogens (tertiary/aromatic N) is 1. The van der Waals surface area contributed by atoms with Crippen molar-refractivity contribution in [2.24, 2.45) is 11.7 Å². The van der Waals surface area contributed by atoms with E-state index in [9.17, 15) is 0 Å². The first-order valence-electron chi connectivity index (χ1n) is 5.01. The number of nitrogens with two attached hydrogens (primary N) is 1. The highest BCUT2D eigenvalue weighted by Crippen LogP contribution is 2.09. The average molecular weight is 194 g/mol. The summed E-state index contributed by atoms with van der Waals surface area (Å²) >= 11 is 0. The second kappa shape index (κ2) is 5.60. The molecule has 0 aliphatic heterocycles. The normalized spacial score (nSPS) is 10.6. The molecule has 2 N–H and O–H groups in total. The Hall–Kier alpha value is -1.09. The van der Waals surface area contributed by atoms with Gasteiger partial charge < -0.3 is 10.5 Å². The summed E-state index contributed by atoms with van der Waals surface area (Å²) in [6, 6.07) is 5.80. The minimum Gasteiger partial charge on any atom is -0.477 e. The van der Waals surface area contributed by atoms with E-state index in [1.807, 2.05) is 18.2 Å². The van der Waals surface area contributed by atoms with Gasteiger partial charge in [0.05, 0.1) is 6.61 Å². The predicted octanol–water partition coefficient (Wildman–Crippen LogP) is 1.62. The van der Waals surface area contributed by atoms with Crippen molar-refractivity contribution in [3.05, 3.63) is 23.9 Å². The summed E-state index contributed by atoms with van der Waals surface area (Å²) < 4.78 is 5.50. The third kappa shape index (κ3) is 3.75. The average Bonchev–Trinajstić information content (AvgIpc) is 2.16. The molecular weight excluding hydrogens is 176 g/mol. The molecule has 0 saturated heterocycles. The molecule has 0 atom stereocenters. The van der Waals surface area contributed by atoms with Crippen molar-refractivity contribution in [2.75, 3.05) is 13.2 Å². The van der Waals surface area contributed by atoms with Crippen LogP contribution in [0.5, 0.6) is 5.88 Å². The second-order valence-electron chi connectivity index (χ2n) is 3.71. The van der Waals surface area contributed by atoms with E-state index in [1.54, 1.807) is 0 Å². The molecule has 3 nitrogen and oxygen atoms in total. The Bertz CT molecular complexity index is 274. The third-order valence-electron chi connectivity index (χ3n) is 1.75. The lowest BCUT2D eigenvalue weighted by atomic mass is 10.2. The van der Waals surface area contributed by atoms with Gasteiger partial charge in [0.15, 0.2) is 0 Å². The summed E-state index contributed by atoms with van der Waals surface area (Å²) in [5, 5.41) is 0. The van der Waals surface area contributed by atoms with Crippen LogP contribution in [0.1, 0.15) is 19.5 Å². The topological polar surface area (TPSA) is 48.1 Å². The minimum absolute atomic E-state index is 0.523. The first-order chi connectivity index (χ1) is 6.72. The Morgan fingerprint density at radius 1 is 1.43 bits per heavy atom. The Morgan fingerprint density at radius 3 is 2.86 bits per heavy atom. The molecule has 0 spiro atoms. The Balaban J connectivity index is 2.54. The van der Waals surface area contributed by atoms with Crippen LogP contribution in [0, 0.1) is 5.92 Å². The SMILES string of the molecule is CC(C)COc1cccc(CCN)n1. The molecular formula is C11H18N2O. The van der Waals surface area contributed by atoms with E-state index in [1.165, 1.54) is 0 Å². The van der Waals surface area contributed by atoms with Crippen molar-refractivity contribution in [3.8, 4) is 5.88 Å². The van der Waals surface area contributed by atoms with E-state index >= 15 is 0 Å². The second-order valence-corrected chi connectivity index (χ2v) is 3.71. The lowest BCUT2D eigenvalue weighted by molar-refractivity contribution is 0.260. The molecule has 0 aliphatic rings. The lowest BCUT2D eigenvalue weighted by Gasteiger charge is -2.08. The van der Waals surface area contributed by atoms with Gasteiger partial charge in [0.1, 0.15) is 0 Å². The van der Waals surface area contributed by atoms with Gasteiger partial charge in [0.25, 0.3) is 0 Å². The Kier molecular flexibility index (Phi) is 4.40. The minimum atomic E-state index is 0.523. The number of hydrogen-bond donors (Lipinski definition) is 1. The first kappa shape index (κ1) is 11.0. The summed E-state index contributed by atoms with van der Waals surface area (Å²) in [5.74, 6) is 1.22. The highest BCUT2D eigenvalue weighted by Gasteiger charge is 1.99. The Morgan fingerprint density at radius 2 is 2.21 bits per heavy atom. The quantitative estimate of drug-likeness (QED) is 0.774. The molecule has 3 heteroatoms. The zero-order valence-corrected chi connectivity index (χ0v) is 8.86. The van der Waals surface area contributed by atoms with E-state index in [2.05, 4.69) is 18.8 Å². The number of pyridine rings is 1. The molecule has 0 fully saturated rings. The molecule has 0 amide bonds. The van der Waals surface area contributed by atoms with Gasteiger partial charge in [-0.15, -0.1) is 0 Å². The number of aromatic nitrogens is 1. The maximum absolute atomic E-state index is 5.50. The fourth-order valence-electron chi connectivity index (χ4n) is 1.08. The largest absolute Gasteiger partial charge is 0.477 e. The van der Waals surface area contributed by atoms with Crippen LogP contribution < -0.4 is 10.5 Å². The van der Waals surface area contributed by atoms with Gasteiger partial charge in [-0.1, -0.05) is 19.9 Å². The van der Waals surface area contributed by atoms with Crippen molar-refractivity contribution in [2.45, 2.75) is 20.3 Å². The molecule has 0 aliphatic carbocycles. The van der Waals surface area contributed by atoms with Crippen molar-refractivity contribution in [1.29, 1.82) is 0 Å². The van der Waals surface area contributed by atoms with Gasteiger partial charge in [-0.3, -0.25) is 0 Å². The summed E-state index contributed by atoms with van der Waals surface area (Å²) in [6.45, 7) is 5.56. The van der Waals surface area contributed by atoms with Crippen LogP contribution in [0.4, 0.5) is 0 Å². The lowest BCUT2D eigenvalue weighted by Crippen LogP contribution is -2.08. The van der Waals surface area contributed by atoms with Gasteiger partial charge in [0, 0.05) is 18.2 Å². The molecule has 1 rings (SSSR count). The van der Waals surface area contributed by atoms with Crippen LogP contribution >= 0.6 is 0 Å². The van der Waals surface area contributed by atoms with Crippen LogP contribution in [0.3, 0.4) is 0 Å². The highest BCUT2D eigenvalue weighted by molar-refractivity contribution is 5.15. The van der Waals surface area contributed by atoms with E-state index in [0.29, 0.717) is 24.9 Å². The molecule has 0 bridgehead atoms. The zero-order valence-electron chi connectivity index (χ0n) is 8.86. The third-order valence-corrected chi connectivity index (χ3v) is 1.75. The fraction of sp³-hybridized carbons (Fsp3) is 0.545. The highest BCUT2D eigenvalue weighted by atomic mass is 16.5. The maximum Gasteiger partial charge on any atom is 0.213 e. The van der Waals surface area contributed by atoms with Crippen LogP contribution in [-0.4, -0.2) is 18.1 Å². The van der Waals surface area contributed by atoms with E-state index in [-0.39, 0.29) is 0 Å². The molecule has 1 heterocycles. The van der Waals surface area contributed by atoms with Crippen molar-refractivity contribution in [3.63, 3.8) is 0 Å². The molecule has 14 heavy (non-hydrogen) atoms. The van der Waals surface area contributed by atoms with Crippen LogP contribution in [0.2, 0.25) is 0 Å². The number of hydrogen-bond acceptors (Lipinski definition) is 3. The molecule has 1 aromatic rings. The summed E-state index contributed by atoms with van der Waals surface area (Å²) in [4.78, 5) is 4.33. The van der Waals surface area contributed by atoms with Gasteiger partial charge in [0.2, 0.25) is 5.88 Å². The Labute approximate surface area is 85.3 Å².